The highest BCUT2D eigenvalue weighted by atomic mass is 16.6. The van der Waals surface area contributed by atoms with E-state index in [0.29, 0.717) is 13.2 Å². The smallest absolute Gasteiger partial charge is 0.414 e. The van der Waals surface area contributed by atoms with Crippen molar-refractivity contribution in [3.63, 3.8) is 0 Å². The SMILES string of the molecule is COCC1CN(c2ccccc2)C(=O)O1. The Kier molecular flexibility index (Phi) is 2.87. The maximum atomic E-state index is 11.5. The largest absolute Gasteiger partial charge is 0.441 e. The lowest BCUT2D eigenvalue weighted by Gasteiger charge is -2.12. The number of anilines is 1. The predicted molar refractivity (Wildman–Crippen MR) is 55.9 cm³/mol. The molecule has 1 unspecified atom stereocenters. The molecular weight excluding hydrogens is 194 g/mol. The Labute approximate surface area is 88.4 Å². The van der Waals surface area contributed by atoms with Crippen molar-refractivity contribution >= 4 is 11.8 Å². The van der Waals surface area contributed by atoms with Gasteiger partial charge in [0.25, 0.3) is 0 Å². The monoisotopic (exact) mass is 207 g/mol. The molecule has 4 heteroatoms. The molecule has 1 fully saturated rings. The number of hydrogen-bond donors (Lipinski definition) is 0. The third kappa shape index (κ3) is 2.10. The topological polar surface area (TPSA) is 38.8 Å². The lowest BCUT2D eigenvalue weighted by molar-refractivity contribution is 0.0718. The molecule has 0 aliphatic carbocycles. The quantitative estimate of drug-likeness (QED) is 0.756. The van der Waals surface area contributed by atoms with Crippen LogP contribution in [0.15, 0.2) is 30.3 Å². The third-order valence-corrected chi connectivity index (χ3v) is 2.29. The van der Waals surface area contributed by atoms with Crippen LogP contribution in [-0.4, -0.2) is 32.5 Å². The lowest BCUT2D eigenvalue weighted by atomic mass is 10.3. The van der Waals surface area contributed by atoms with Crippen LogP contribution in [0.3, 0.4) is 0 Å². The molecule has 0 bridgehead atoms. The van der Waals surface area contributed by atoms with Gasteiger partial charge in [0.1, 0.15) is 6.10 Å². The molecule has 1 aromatic rings. The summed E-state index contributed by atoms with van der Waals surface area (Å²) in [4.78, 5) is 13.1. The van der Waals surface area contributed by atoms with E-state index in [2.05, 4.69) is 0 Å². The standard InChI is InChI=1S/C11H13NO3/c1-14-8-10-7-12(11(13)15-10)9-5-3-2-4-6-9/h2-6,10H,7-8H2,1H3. The van der Waals surface area contributed by atoms with E-state index in [0.717, 1.165) is 5.69 Å². The first-order chi connectivity index (χ1) is 7.31. The molecule has 2 rings (SSSR count). The second-order valence-electron chi connectivity index (χ2n) is 3.41. The highest BCUT2D eigenvalue weighted by Crippen LogP contribution is 2.20. The van der Waals surface area contributed by atoms with Gasteiger partial charge in [0, 0.05) is 12.8 Å². The van der Waals surface area contributed by atoms with Crippen LogP contribution in [0.1, 0.15) is 0 Å². The van der Waals surface area contributed by atoms with Crippen LogP contribution in [0.4, 0.5) is 10.5 Å². The van der Waals surface area contributed by atoms with Crippen molar-refractivity contribution in [2.45, 2.75) is 6.10 Å². The Balaban J connectivity index is 2.09. The number of hydrogen-bond acceptors (Lipinski definition) is 3. The van der Waals surface area contributed by atoms with Crippen LogP contribution in [0, 0.1) is 0 Å². The van der Waals surface area contributed by atoms with Crippen molar-refractivity contribution in [1.29, 1.82) is 0 Å². The average Bonchev–Trinajstić information content (AvgIpc) is 2.61. The number of methoxy groups -OCH3 is 1. The molecule has 1 amide bonds. The predicted octanol–water partition coefficient (Wildman–Crippen LogP) is 1.66. The van der Waals surface area contributed by atoms with Crippen molar-refractivity contribution in [2.75, 3.05) is 25.2 Å². The van der Waals surface area contributed by atoms with Crippen LogP contribution < -0.4 is 4.90 Å². The van der Waals surface area contributed by atoms with E-state index in [1.54, 1.807) is 12.0 Å². The molecule has 1 aromatic carbocycles. The number of nitrogens with zero attached hydrogens (tertiary/aromatic N) is 1. The molecule has 1 aliphatic rings. The van der Waals surface area contributed by atoms with Crippen LogP contribution in [-0.2, 0) is 9.47 Å². The summed E-state index contributed by atoms with van der Waals surface area (Å²) < 4.78 is 10.1. The first kappa shape index (κ1) is 9.98. The Bertz CT molecular complexity index is 339. The zero-order valence-corrected chi connectivity index (χ0v) is 8.55. The van der Waals surface area contributed by atoms with Gasteiger partial charge in [-0.2, -0.15) is 0 Å². The number of carbonyl (C=O) groups is 1. The van der Waals surface area contributed by atoms with E-state index in [1.165, 1.54) is 0 Å². The maximum Gasteiger partial charge on any atom is 0.414 e. The summed E-state index contributed by atoms with van der Waals surface area (Å²) in [6, 6.07) is 9.48. The van der Waals surface area contributed by atoms with Gasteiger partial charge in [-0.15, -0.1) is 0 Å². The van der Waals surface area contributed by atoms with E-state index < -0.39 is 0 Å². The van der Waals surface area contributed by atoms with Gasteiger partial charge < -0.3 is 9.47 Å². The number of ether oxygens (including phenoxy) is 2. The number of para-hydroxylation sites is 1. The molecule has 1 aliphatic heterocycles. The van der Waals surface area contributed by atoms with E-state index in [1.807, 2.05) is 30.3 Å². The molecule has 15 heavy (non-hydrogen) atoms. The number of cyclic esters (lactones) is 1. The van der Waals surface area contributed by atoms with Crippen molar-refractivity contribution in [1.82, 2.24) is 0 Å². The van der Waals surface area contributed by atoms with Crippen LogP contribution in [0.25, 0.3) is 0 Å². The second kappa shape index (κ2) is 4.31. The lowest BCUT2D eigenvalue weighted by Crippen LogP contribution is -2.25. The van der Waals surface area contributed by atoms with Gasteiger partial charge in [-0.25, -0.2) is 4.79 Å². The van der Waals surface area contributed by atoms with E-state index in [4.69, 9.17) is 9.47 Å². The summed E-state index contributed by atoms with van der Waals surface area (Å²) in [7, 11) is 1.60. The summed E-state index contributed by atoms with van der Waals surface area (Å²) in [5, 5.41) is 0. The van der Waals surface area contributed by atoms with Crippen LogP contribution in [0.2, 0.25) is 0 Å². The van der Waals surface area contributed by atoms with E-state index in [-0.39, 0.29) is 12.2 Å². The first-order valence-corrected chi connectivity index (χ1v) is 4.83. The fraction of sp³-hybridized carbons (Fsp3) is 0.364. The van der Waals surface area contributed by atoms with Gasteiger partial charge in [-0.3, -0.25) is 4.90 Å². The Morgan fingerprint density at radius 3 is 2.87 bits per heavy atom. The van der Waals surface area contributed by atoms with Crippen molar-refractivity contribution in [3.8, 4) is 0 Å². The summed E-state index contributed by atoms with van der Waals surface area (Å²) in [5.74, 6) is 0. The number of benzene rings is 1. The Morgan fingerprint density at radius 2 is 2.20 bits per heavy atom. The van der Waals surface area contributed by atoms with Crippen molar-refractivity contribution in [3.05, 3.63) is 30.3 Å². The molecule has 1 atom stereocenters. The minimum absolute atomic E-state index is 0.164. The normalized spacial score (nSPS) is 20.5. The van der Waals surface area contributed by atoms with Crippen molar-refractivity contribution < 1.29 is 14.3 Å². The third-order valence-electron chi connectivity index (χ3n) is 2.29. The van der Waals surface area contributed by atoms with Gasteiger partial charge in [-0.1, -0.05) is 18.2 Å². The molecule has 0 aromatic heterocycles. The molecule has 0 spiro atoms. The maximum absolute atomic E-state index is 11.5. The zero-order chi connectivity index (χ0) is 10.7. The average molecular weight is 207 g/mol. The number of amides is 1. The molecule has 1 saturated heterocycles. The molecule has 0 N–H and O–H groups in total. The highest BCUT2D eigenvalue weighted by molar-refractivity contribution is 5.89. The molecule has 0 saturated carbocycles. The Hall–Kier alpha value is -1.55. The molecule has 1 heterocycles. The van der Waals surface area contributed by atoms with Gasteiger partial charge >= 0.3 is 6.09 Å². The molecule has 0 radical (unpaired) electrons. The minimum atomic E-state index is -0.303. The highest BCUT2D eigenvalue weighted by Gasteiger charge is 2.31. The summed E-state index contributed by atoms with van der Waals surface area (Å²) in [6.07, 6.45) is -0.467. The Morgan fingerprint density at radius 1 is 1.47 bits per heavy atom. The van der Waals surface area contributed by atoms with Crippen molar-refractivity contribution in [2.24, 2.45) is 0 Å². The molecule has 80 valence electrons. The molecule has 4 nitrogen and oxygen atoms in total. The van der Waals surface area contributed by atoms with E-state index >= 15 is 0 Å². The fourth-order valence-corrected chi connectivity index (χ4v) is 1.61. The second-order valence-corrected chi connectivity index (χ2v) is 3.41. The van der Waals surface area contributed by atoms with E-state index in [9.17, 15) is 4.79 Å². The molecular formula is C11H13NO3. The van der Waals surface area contributed by atoms with Gasteiger partial charge in [0.05, 0.1) is 13.2 Å². The summed E-state index contributed by atoms with van der Waals surface area (Å²) >= 11 is 0. The van der Waals surface area contributed by atoms with Crippen LogP contribution in [0.5, 0.6) is 0 Å². The summed E-state index contributed by atoms with van der Waals surface area (Å²) in [6.45, 7) is 0.992. The zero-order valence-electron chi connectivity index (χ0n) is 8.55. The number of carbonyl (C=O) groups excluding carboxylic acids is 1. The van der Waals surface area contributed by atoms with Gasteiger partial charge in [-0.05, 0) is 12.1 Å². The van der Waals surface area contributed by atoms with Gasteiger partial charge in [0.2, 0.25) is 0 Å². The van der Waals surface area contributed by atoms with Gasteiger partial charge in [0.15, 0.2) is 0 Å². The van der Waals surface area contributed by atoms with Crippen LogP contribution >= 0.6 is 0 Å². The fourth-order valence-electron chi connectivity index (χ4n) is 1.61. The summed E-state index contributed by atoms with van der Waals surface area (Å²) in [5.41, 5.74) is 0.862. The first-order valence-electron chi connectivity index (χ1n) is 4.83. The minimum Gasteiger partial charge on any atom is -0.441 e. The number of rotatable bonds is 3.